The van der Waals surface area contributed by atoms with Crippen molar-refractivity contribution in [2.24, 2.45) is 29.0 Å². The Kier molecular flexibility index (Phi) is 10.8. The Bertz CT molecular complexity index is 1380. The number of likely N-dealkylation sites (tertiary alicyclic amines) is 1. The van der Waals surface area contributed by atoms with Crippen molar-refractivity contribution in [3.8, 4) is 0 Å². The minimum absolute atomic E-state index is 0.0146. The van der Waals surface area contributed by atoms with Crippen molar-refractivity contribution in [3.63, 3.8) is 0 Å². The van der Waals surface area contributed by atoms with E-state index in [1.54, 1.807) is 4.90 Å². The van der Waals surface area contributed by atoms with Gasteiger partial charge in [0, 0.05) is 25.9 Å². The molecule has 0 radical (unpaired) electrons. The highest BCUT2D eigenvalue weighted by molar-refractivity contribution is 6.67. The van der Waals surface area contributed by atoms with Gasteiger partial charge in [0.1, 0.15) is 0 Å². The van der Waals surface area contributed by atoms with E-state index >= 15 is 0 Å². The number of rotatable bonds is 12. The number of benzene rings is 2. The second-order valence-electron chi connectivity index (χ2n) is 12.7. The third kappa shape index (κ3) is 8.32. The Morgan fingerprint density at radius 2 is 1.64 bits per heavy atom. The quantitative estimate of drug-likeness (QED) is 0.261. The van der Waals surface area contributed by atoms with E-state index in [4.69, 9.17) is 21.9 Å². The summed E-state index contributed by atoms with van der Waals surface area (Å²) >= 11 is 0. The van der Waals surface area contributed by atoms with Crippen LogP contribution in [0.3, 0.4) is 0 Å². The number of nitrogens with two attached hydrogens (primary N) is 3. The van der Waals surface area contributed by atoms with Crippen LogP contribution in [0.5, 0.6) is 0 Å². The Morgan fingerprint density at radius 3 is 2.22 bits per heavy atom. The number of alkyl halides is 3. The first-order valence-corrected chi connectivity index (χ1v) is 15.4. The van der Waals surface area contributed by atoms with Crippen LogP contribution in [0.4, 0.5) is 13.2 Å². The number of amides is 2. The third-order valence-corrected chi connectivity index (χ3v) is 9.02. The van der Waals surface area contributed by atoms with Gasteiger partial charge in [0.2, 0.25) is 11.8 Å². The molecule has 244 valence electrons. The fourth-order valence-electron chi connectivity index (χ4n) is 6.33. The predicted molar refractivity (Wildman–Crippen MR) is 166 cm³/mol. The maximum absolute atomic E-state index is 13.6. The van der Waals surface area contributed by atoms with Crippen molar-refractivity contribution in [1.82, 2.24) is 10.2 Å². The second kappa shape index (κ2) is 14.0. The van der Waals surface area contributed by atoms with Gasteiger partial charge in [0.25, 0.3) is 0 Å². The van der Waals surface area contributed by atoms with Gasteiger partial charge in [-0.25, -0.2) is 0 Å². The number of carbonyl (C=O) groups is 3. The number of fused-ring (bicyclic) bond motifs is 1. The Hall–Kier alpha value is -3.26. The Morgan fingerprint density at radius 1 is 1.04 bits per heavy atom. The molecule has 2 heterocycles. The highest BCUT2D eigenvalue weighted by Gasteiger charge is 2.38. The maximum atomic E-state index is 13.6. The summed E-state index contributed by atoms with van der Waals surface area (Å²) in [5, 5.41) is 2.71. The van der Waals surface area contributed by atoms with Crippen LogP contribution >= 0.6 is 0 Å². The molecule has 2 aromatic carbocycles. The lowest BCUT2D eigenvalue weighted by Crippen LogP contribution is -2.50. The van der Waals surface area contributed by atoms with Gasteiger partial charge in [-0.15, -0.1) is 0 Å². The number of hydrogen-bond acceptors (Lipinski definition) is 7. The van der Waals surface area contributed by atoms with E-state index in [1.165, 1.54) is 12.1 Å². The van der Waals surface area contributed by atoms with Crippen LogP contribution in [0.15, 0.2) is 42.5 Å². The molecule has 0 saturated carbocycles. The van der Waals surface area contributed by atoms with Crippen molar-refractivity contribution in [2.75, 3.05) is 26.2 Å². The summed E-state index contributed by atoms with van der Waals surface area (Å²) in [7, 11) is 0. The van der Waals surface area contributed by atoms with Gasteiger partial charge in [-0.3, -0.25) is 14.4 Å². The highest BCUT2D eigenvalue weighted by atomic mass is 19.4. The largest absolute Gasteiger partial charge is 0.422 e. The van der Waals surface area contributed by atoms with E-state index in [9.17, 15) is 27.6 Å². The number of Topliss-reactive ketones (excluding diaryl/α,β-unsaturated/α-hetero) is 1. The highest BCUT2D eigenvalue weighted by Crippen LogP contribution is 2.31. The van der Waals surface area contributed by atoms with Crippen molar-refractivity contribution in [2.45, 2.75) is 70.2 Å². The van der Waals surface area contributed by atoms with Gasteiger partial charge in [-0.05, 0) is 85.9 Å². The summed E-state index contributed by atoms with van der Waals surface area (Å²) in [5.41, 5.74) is 19.7. The van der Waals surface area contributed by atoms with Crippen LogP contribution in [0.2, 0.25) is 6.82 Å². The number of nitrogens with zero attached hydrogens (tertiary/aromatic N) is 1. The first-order valence-electron chi connectivity index (χ1n) is 15.4. The van der Waals surface area contributed by atoms with Crippen LogP contribution in [0.1, 0.15) is 48.9 Å². The lowest BCUT2D eigenvalue weighted by Gasteiger charge is -2.22. The normalized spacial score (nSPS) is 20.6. The fraction of sp³-hybridized carbons (Fsp3) is 0.531. The lowest BCUT2D eigenvalue weighted by molar-refractivity contribution is -0.137. The molecular weight excluding hydrogens is 586 g/mol. The van der Waals surface area contributed by atoms with Crippen molar-refractivity contribution in [1.29, 1.82) is 0 Å². The van der Waals surface area contributed by atoms with Gasteiger partial charge < -0.3 is 32.1 Å². The average molecular weight is 630 g/mol. The molecule has 2 aliphatic heterocycles. The summed E-state index contributed by atoms with van der Waals surface area (Å²) in [6, 6.07) is 8.06. The van der Waals surface area contributed by atoms with Gasteiger partial charge in [0.05, 0.1) is 23.2 Å². The zero-order valence-electron chi connectivity index (χ0n) is 26.0. The zero-order chi connectivity index (χ0) is 33.1. The minimum Gasteiger partial charge on any atom is -0.422 e. The fourth-order valence-corrected chi connectivity index (χ4v) is 6.33. The first kappa shape index (κ1) is 34.6. The molecule has 2 aromatic rings. The van der Waals surface area contributed by atoms with Gasteiger partial charge >= 0.3 is 13.1 Å². The van der Waals surface area contributed by atoms with E-state index in [1.807, 2.05) is 38.9 Å². The zero-order valence-corrected chi connectivity index (χ0v) is 26.0. The van der Waals surface area contributed by atoms with E-state index in [0.29, 0.717) is 31.7 Å². The molecule has 0 aliphatic carbocycles. The first-order chi connectivity index (χ1) is 21.1. The van der Waals surface area contributed by atoms with E-state index in [-0.39, 0.29) is 56.1 Å². The topological polar surface area (TPSA) is 154 Å². The van der Waals surface area contributed by atoms with Crippen molar-refractivity contribution in [3.05, 3.63) is 64.7 Å². The van der Waals surface area contributed by atoms with Crippen molar-refractivity contribution < 1.29 is 32.2 Å². The molecule has 0 aromatic heterocycles. The third-order valence-electron chi connectivity index (χ3n) is 9.02. The Balaban J connectivity index is 1.44. The van der Waals surface area contributed by atoms with Crippen LogP contribution in [0, 0.1) is 11.8 Å². The van der Waals surface area contributed by atoms with Gasteiger partial charge in [-0.1, -0.05) is 37.2 Å². The van der Waals surface area contributed by atoms with Crippen molar-refractivity contribution >= 4 is 30.0 Å². The molecule has 4 atom stereocenters. The molecule has 0 bridgehead atoms. The second-order valence-corrected chi connectivity index (χ2v) is 12.7. The molecule has 2 amide bonds. The Labute approximate surface area is 262 Å². The summed E-state index contributed by atoms with van der Waals surface area (Å²) in [6.45, 7) is 7.61. The molecule has 45 heavy (non-hydrogen) atoms. The summed E-state index contributed by atoms with van der Waals surface area (Å²) < 4.78 is 45.4. The van der Waals surface area contributed by atoms with Gasteiger partial charge in [-0.2, -0.15) is 13.2 Å². The molecule has 1 fully saturated rings. The van der Waals surface area contributed by atoms with Crippen LogP contribution < -0.4 is 28.0 Å². The molecule has 0 unspecified atom stereocenters. The number of halogens is 3. The smallest absolute Gasteiger partial charge is 0.416 e. The number of nitrogens with one attached hydrogen (secondary N) is 1. The van der Waals surface area contributed by atoms with Crippen LogP contribution in [-0.4, -0.2) is 67.7 Å². The maximum Gasteiger partial charge on any atom is 0.416 e. The predicted octanol–water partition coefficient (Wildman–Crippen LogP) is 1.74. The minimum atomic E-state index is -4.50. The number of carbonyl (C=O) groups excluding carboxylic acids is 3. The summed E-state index contributed by atoms with van der Waals surface area (Å²) in [5.74, 6) is -0.841. The number of ketones is 1. The molecule has 0 spiro atoms. The molecule has 13 heteroatoms. The molecule has 9 nitrogen and oxygen atoms in total. The molecule has 4 rings (SSSR count). The lowest BCUT2D eigenvalue weighted by atomic mass is 9.63. The number of hydrogen-bond donors (Lipinski definition) is 4. The monoisotopic (exact) mass is 629 g/mol. The van der Waals surface area contributed by atoms with E-state index < -0.39 is 35.3 Å². The molecule has 7 N–H and O–H groups in total. The molecule has 2 aliphatic rings. The molecular formula is C32H43BF3N5O4. The van der Waals surface area contributed by atoms with Crippen LogP contribution in [-0.2, 0) is 43.7 Å². The SMILES string of the molecule is CB1OC(C)(C)c2ccc(CC(=O)[C@@H](Cc3ccc(C(F)(F)F)cc3)NC(=O)[C@@H](N)CCC(=O)N3C[C@H](CN)[C@@H](CN)C3)cc21. The summed E-state index contributed by atoms with van der Waals surface area (Å²) in [6.07, 6.45) is -4.45. The summed E-state index contributed by atoms with van der Waals surface area (Å²) in [4.78, 5) is 41.3. The van der Waals surface area contributed by atoms with Crippen LogP contribution in [0.25, 0.3) is 0 Å². The van der Waals surface area contributed by atoms with E-state index in [0.717, 1.165) is 28.7 Å². The van der Waals surface area contributed by atoms with Gasteiger partial charge in [0.15, 0.2) is 5.78 Å². The molecule has 1 saturated heterocycles. The standard InChI is InChI=1S/C32H43BF3N5O4/c1-31(2)24-9-6-20(12-25(24)33(3)45-31)14-28(42)27(13-19-4-7-23(8-5-19)32(34,35)36)40-30(44)26(39)10-11-29(43)41-17-21(15-37)22(16-38)18-41/h4-9,12,21-22,26-27H,10-11,13-18,37-39H2,1-3H3,(H,40,44)/t21-,22-,26-,27+/m0/s1. The average Bonchev–Trinajstić information content (AvgIpc) is 3.51. The van der Waals surface area contributed by atoms with E-state index in [2.05, 4.69) is 5.32 Å².